The Balaban J connectivity index is 1.34. The van der Waals surface area contributed by atoms with Crippen LogP contribution in [-0.2, 0) is 6.54 Å². The Kier molecular flexibility index (Phi) is 5.03. The molecule has 27 heavy (non-hydrogen) atoms. The predicted octanol–water partition coefficient (Wildman–Crippen LogP) is 4.92. The first-order chi connectivity index (χ1) is 13.2. The van der Waals surface area contributed by atoms with Crippen molar-refractivity contribution in [3.63, 3.8) is 0 Å². The standard InChI is InChI=1S/C21H19ClN2O3/c22-15-7-5-14(6-8-15)19-10-9-16(27-19)13-23-21(25)24-18-11-12-26-20-4-2-1-3-17(18)20/h1-10,18H,11-13H2,(H2,23,24,25)/t18-/m1/s1. The molecule has 2 aromatic carbocycles. The molecular weight excluding hydrogens is 364 g/mol. The van der Waals surface area contributed by atoms with E-state index in [1.807, 2.05) is 60.7 Å². The summed E-state index contributed by atoms with van der Waals surface area (Å²) in [5.41, 5.74) is 1.94. The maximum absolute atomic E-state index is 12.3. The highest BCUT2D eigenvalue weighted by Crippen LogP contribution is 2.31. The van der Waals surface area contributed by atoms with Gasteiger partial charge in [-0.25, -0.2) is 4.79 Å². The molecule has 0 saturated heterocycles. The highest BCUT2D eigenvalue weighted by molar-refractivity contribution is 6.30. The van der Waals surface area contributed by atoms with Gasteiger partial charge in [-0.3, -0.25) is 0 Å². The lowest BCUT2D eigenvalue weighted by molar-refractivity contribution is 0.222. The molecule has 0 saturated carbocycles. The second kappa shape index (κ2) is 7.76. The highest BCUT2D eigenvalue weighted by Gasteiger charge is 2.22. The van der Waals surface area contributed by atoms with Crippen molar-refractivity contribution in [2.75, 3.05) is 6.61 Å². The van der Waals surface area contributed by atoms with Crippen LogP contribution in [0.2, 0.25) is 5.02 Å². The number of carbonyl (C=O) groups excluding carboxylic acids is 1. The van der Waals surface area contributed by atoms with E-state index in [0.29, 0.717) is 23.9 Å². The van der Waals surface area contributed by atoms with Crippen LogP contribution in [0.5, 0.6) is 5.75 Å². The fourth-order valence-electron chi connectivity index (χ4n) is 3.11. The van der Waals surface area contributed by atoms with Crippen molar-refractivity contribution in [3.05, 3.63) is 77.0 Å². The molecule has 0 bridgehead atoms. The Bertz CT molecular complexity index is 937. The fourth-order valence-corrected chi connectivity index (χ4v) is 3.24. The van der Waals surface area contributed by atoms with E-state index in [4.69, 9.17) is 20.8 Å². The molecule has 1 aromatic heterocycles. The molecule has 4 rings (SSSR count). The number of nitrogens with one attached hydrogen (secondary N) is 2. The third-order valence-electron chi connectivity index (χ3n) is 4.48. The first-order valence-corrected chi connectivity index (χ1v) is 9.17. The SMILES string of the molecule is O=C(NCc1ccc(-c2ccc(Cl)cc2)o1)N[C@@H]1CCOc2ccccc21. The first-order valence-electron chi connectivity index (χ1n) is 8.80. The molecule has 2 heterocycles. The van der Waals surface area contributed by atoms with Crippen molar-refractivity contribution in [1.82, 2.24) is 10.6 Å². The van der Waals surface area contributed by atoms with Gasteiger partial charge < -0.3 is 19.8 Å². The van der Waals surface area contributed by atoms with Gasteiger partial charge in [-0.2, -0.15) is 0 Å². The van der Waals surface area contributed by atoms with E-state index in [9.17, 15) is 4.79 Å². The highest BCUT2D eigenvalue weighted by atomic mass is 35.5. The van der Waals surface area contributed by atoms with Crippen LogP contribution in [0.15, 0.2) is 65.1 Å². The number of urea groups is 1. The maximum Gasteiger partial charge on any atom is 0.315 e. The smallest absolute Gasteiger partial charge is 0.315 e. The van der Waals surface area contributed by atoms with Crippen LogP contribution in [0.3, 0.4) is 0 Å². The molecule has 1 aliphatic heterocycles. The number of carbonyl (C=O) groups is 1. The predicted molar refractivity (Wildman–Crippen MR) is 104 cm³/mol. The lowest BCUT2D eigenvalue weighted by atomic mass is 10.0. The van der Waals surface area contributed by atoms with E-state index in [2.05, 4.69) is 10.6 Å². The van der Waals surface area contributed by atoms with Crippen molar-refractivity contribution < 1.29 is 13.9 Å². The molecule has 2 amide bonds. The lowest BCUT2D eigenvalue weighted by Crippen LogP contribution is -2.39. The number of ether oxygens (including phenoxy) is 1. The van der Waals surface area contributed by atoms with Crippen LogP contribution >= 0.6 is 11.6 Å². The third kappa shape index (κ3) is 4.09. The number of amides is 2. The zero-order valence-electron chi connectivity index (χ0n) is 14.6. The Hall–Kier alpha value is -2.92. The van der Waals surface area contributed by atoms with Crippen molar-refractivity contribution in [3.8, 4) is 17.1 Å². The van der Waals surface area contributed by atoms with E-state index in [-0.39, 0.29) is 12.1 Å². The summed E-state index contributed by atoms with van der Waals surface area (Å²) in [4.78, 5) is 12.3. The summed E-state index contributed by atoms with van der Waals surface area (Å²) in [5.74, 6) is 2.25. The zero-order valence-corrected chi connectivity index (χ0v) is 15.3. The quantitative estimate of drug-likeness (QED) is 0.673. The summed E-state index contributed by atoms with van der Waals surface area (Å²) >= 11 is 5.91. The van der Waals surface area contributed by atoms with Crippen LogP contribution in [-0.4, -0.2) is 12.6 Å². The topological polar surface area (TPSA) is 63.5 Å². The van der Waals surface area contributed by atoms with E-state index in [0.717, 1.165) is 29.1 Å². The number of halogens is 1. The zero-order chi connectivity index (χ0) is 18.6. The average molecular weight is 383 g/mol. The Morgan fingerprint density at radius 2 is 1.89 bits per heavy atom. The van der Waals surface area contributed by atoms with Gasteiger partial charge in [0.15, 0.2) is 0 Å². The largest absolute Gasteiger partial charge is 0.493 e. The molecule has 3 aromatic rings. The minimum absolute atomic E-state index is 0.0591. The van der Waals surface area contributed by atoms with Crippen LogP contribution in [0.25, 0.3) is 11.3 Å². The van der Waals surface area contributed by atoms with Crippen molar-refractivity contribution in [1.29, 1.82) is 0 Å². The van der Waals surface area contributed by atoms with E-state index < -0.39 is 0 Å². The monoisotopic (exact) mass is 382 g/mol. The molecular formula is C21H19ClN2O3. The Labute approximate surface area is 162 Å². The molecule has 5 nitrogen and oxygen atoms in total. The summed E-state index contributed by atoms with van der Waals surface area (Å²) in [6.07, 6.45) is 0.742. The molecule has 138 valence electrons. The molecule has 1 aliphatic rings. The van der Waals surface area contributed by atoms with Gasteiger partial charge in [0.2, 0.25) is 0 Å². The second-order valence-corrected chi connectivity index (χ2v) is 6.76. The van der Waals surface area contributed by atoms with Crippen LogP contribution in [0.1, 0.15) is 23.8 Å². The fraction of sp³-hybridized carbons (Fsp3) is 0.190. The first kappa shape index (κ1) is 17.5. The van der Waals surface area contributed by atoms with Crippen LogP contribution in [0, 0.1) is 0 Å². The van der Waals surface area contributed by atoms with Gasteiger partial charge in [0, 0.05) is 22.6 Å². The van der Waals surface area contributed by atoms with E-state index in [1.165, 1.54) is 0 Å². The summed E-state index contributed by atoms with van der Waals surface area (Å²) in [5, 5.41) is 6.53. The molecule has 0 aliphatic carbocycles. The molecule has 6 heteroatoms. The van der Waals surface area contributed by atoms with Crippen molar-refractivity contribution in [2.45, 2.75) is 19.0 Å². The average Bonchev–Trinajstić information content (AvgIpc) is 3.16. The number of hydrogen-bond acceptors (Lipinski definition) is 3. The normalized spacial score (nSPS) is 15.5. The number of fused-ring (bicyclic) bond motifs is 1. The van der Waals surface area contributed by atoms with Crippen LogP contribution < -0.4 is 15.4 Å². The maximum atomic E-state index is 12.3. The van der Waals surface area contributed by atoms with Gasteiger partial charge in [-0.1, -0.05) is 29.8 Å². The lowest BCUT2D eigenvalue weighted by Gasteiger charge is -2.26. The van der Waals surface area contributed by atoms with Gasteiger partial charge >= 0.3 is 6.03 Å². The summed E-state index contributed by atoms with van der Waals surface area (Å²) in [7, 11) is 0. The number of furan rings is 1. The molecule has 0 radical (unpaired) electrons. The second-order valence-electron chi connectivity index (χ2n) is 6.33. The number of hydrogen-bond donors (Lipinski definition) is 2. The van der Waals surface area contributed by atoms with Gasteiger partial charge in [-0.05, 0) is 42.5 Å². The Morgan fingerprint density at radius 3 is 2.74 bits per heavy atom. The summed E-state index contributed by atoms with van der Waals surface area (Å²) in [6.45, 7) is 0.898. The number of para-hydroxylation sites is 1. The number of rotatable bonds is 4. The van der Waals surface area contributed by atoms with Gasteiger partial charge in [0.05, 0.1) is 19.2 Å². The molecule has 2 N–H and O–H groups in total. The van der Waals surface area contributed by atoms with E-state index in [1.54, 1.807) is 0 Å². The van der Waals surface area contributed by atoms with Crippen molar-refractivity contribution in [2.24, 2.45) is 0 Å². The molecule has 1 atom stereocenters. The minimum Gasteiger partial charge on any atom is -0.493 e. The summed E-state index contributed by atoms with van der Waals surface area (Å²) in [6, 6.07) is 18.6. The van der Waals surface area contributed by atoms with Crippen LogP contribution in [0.4, 0.5) is 4.79 Å². The Morgan fingerprint density at radius 1 is 1.07 bits per heavy atom. The van der Waals surface area contributed by atoms with Crippen molar-refractivity contribution >= 4 is 17.6 Å². The minimum atomic E-state index is -0.235. The molecule has 0 unspecified atom stereocenters. The summed E-state index contributed by atoms with van der Waals surface area (Å²) < 4.78 is 11.4. The van der Waals surface area contributed by atoms with E-state index >= 15 is 0 Å². The molecule has 0 fully saturated rings. The van der Waals surface area contributed by atoms with Gasteiger partial charge in [-0.15, -0.1) is 0 Å². The third-order valence-corrected chi connectivity index (χ3v) is 4.73. The molecule has 0 spiro atoms. The van der Waals surface area contributed by atoms with Gasteiger partial charge in [0.1, 0.15) is 17.3 Å². The number of benzene rings is 2. The van der Waals surface area contributed by atoms with Gasteiger partial charge in [0.25, 0.3) is 0 Å².